The fourth-order valence-corrected chi connectivity index (χ4v) is 3.42. The first-order valence-corrected chi connectivity index (χ1v) is 8.12. The number of hydrogen-bond acceptors (Lipinski definition) is 5. The van der Waals surface area contributed by atoms with E-state index >= 15 is 0 Å². The first-order chi connectivity index (χ1) is 11.1. The Labute approximate surface area is 139 Å². The second-order valence-corrected chi connectivity index (χ2v) is 6.33. The van der Waals surface area contributed by atoms with Crippen LogP contribution in [0.25, 0.3) is 0 Å². The number of nitro groups is 1. The van der Waals surface area contributed by atoms with Gasteiger partial charge in [0, 0.05) is 49.9 Å². The van der Waals surface area contributed by atoms with E-state index in [0.29, 0.717) is 24.2 Å². The third-order valence-electron chi connectivity index (χ3n) is 4.54. The van der Waals surface area contributed by atoms with Crippen LogP contribution in [-0.4, -0.2) is 65.9 Å². The summed E-state index contributed by atoms with van der Waals surface area (Å²) in [6, 6.07) is 4.64. The Balaban J connectivity index is 1.70. The third kappa shape index (κ3) is 3.46. The number of nitrogens with one attached hydrogen (secondary N) is 1. The molecule has 0 bridgehead atoms. The molecule has 1 atom stereocenters. The van der Waals surface area contributed by atoms with Crippen LogP contribution in [0.2, 0.25) is 5.02 Å². The lowest BCUT2D eigenvalue weighted by Gasteiger charge is -2.37. The summed E-state index contributed by atoms with van der Waals surface area (Å²) in [7, 11) is 0. The summed E-state index contributed by atoms with van der Waals surface area (Å²) in [4.78, 5) is 27.3. The van der Waals surface area contributed by atoms with Gasteiger partial charge in [-0.1, -0.05) is 11.6 Å². The van der Waals surface area contributed by atoms with Crippen LogP contribution in [-0.2, 0) is 0 Å². The number of carbonyl (C=O) groups excluding carboxylic acids is 1. The normalized spacial score (nSPS) is 22.3. The van der Waals surface area contributed by atoms with Gasteiger partial charge < -0.3 is 10.2 Å². The van der Waals surface area contributed by atoms with E-state index in [9.17, 15) is 14.9 Å². The van der Waals surface area contributed by atoms with E-state index < -0.39 is 4.92 Å². The van der Waals surface area contributed by atoms with Crippen molar-refractivity contribution >= 4 is 23.2 Å². The molecule has 124 valence electrons. The molecule has 2 fully saturated rings. The number of carbonyl (C=O) groups is 1. The van der Waals surface area contributed by atoms with E-state index in [0.717, 1.165) is 32.6 Å². The molecule has 2 aliphatic heterocycles. The van der Waals surface area contributed by atoms with Crippen LogP contribution < -0.4 is 5.32 Å². The molecule has 0 radical (unpaired) electrons. The molecular weight excluding hydrogens is 320 g/mol. The summed E-state index contributed by atoms with van der Waals surface area (Å²) >= 11 is 5.91. The molecule has 2 heterocycles. The monoisotopic (exact) mass is 338 g/mol. The second kappa shape index (κ2) is 6.82. The number of nitrogens with zero attached hydrogens (tertiary/aromatic N) is 3. The Kier molecular flexibility index (Phi) is 4.79. The van der Waals surface area contributed by atoms with Crippen molar-refractivity contribution in [3.63, 3.8) is 0 Å². The lowest BCUT2D eigenvalue weighted by molar-refractivity contribution is -0.385. The summed E-state index contributed by atoms with van der Waals surface area (Å²) in [6.07, 6.45) is 1.13. The number of amides is 1. The van der Waals surface area contributed by atoms with Crippen molar-refractivity contribution in [1.82, 2.24) is 15.1 Å². The third-order valence-corrected chi connectivity index (χ3v) is 4.77. The van der Waals surface area contributed by atoms with Gasteiger partial charge in [-0.2, -0.15) is 0 Å². The van der Waals surface area contributed by atoms with Gasteiger partial charge in [0.25, 0.3) is 11.6 Å². The average Bonchev–Trinajstić information content (AvgIpc) is 3.08. The topological polar surface area (TPSA) is 78.7 Å². The van der Waals surface area contributed by atoms with Crippen LogP contribution in [0.1, 0.15) is 16.8 Å². The van der Waals surface area contributed by atoms with Crippen molar-refractivity contribution in [2.75, 3.05) is 39.3 Å². The molecule has 3 rings (SSSR count). The molecule has 1 N–H and O–H groups in total. The summed E-state index contributed by atoms with van der Waals surface area (Å²) < 4.78 is 0. The van der Waals surface area contributed by atoms with Crippen LogP contribution >= 0.6 is 11.6 Å². The number of piperazine rings is 1. The molecule has 7 nitrogen and oxygen atoms in total. The molecule has 2 aliphatic rings. The molecule has 0 aromatic heterocycles. The van der Waals surface area contributed by atoms with E-state index in [-0.39, 0.29) is 17.2 Å². The Morgan fingerprint density at radius 2 is 2.04 bits per heavy atom. The molecule has 1 amide bonds. The van der Waals surface area contributed by atoms with E-state index in [1.165, 1.54) is 18.2 Å². The number of halogens is 1. The van der Waals surface area contributed by atoms with Gasteiger partial charge in [-0.3, -0.25) is 19.8 Å². The Bertz CT molecular complexity index is 611. The molecular formula is C15H19ClN4O3. The lowest BCUT2D eigenvalue weighted by Crippen LogP contribution is -2.52. The molecule has 1 unspecified atom stereocenters. The summed E-state index contributed by atoms with van der Waals surface area (Å²) in [5, 5.41) is 14.8. The molecule has 0 saturated carbocycles. The van der Waals surface area contributed by atoms with Crippen molar-refractivity contribution in [3.05, 3.63) is 38.9 Å². The summed E-state index contributed by atoms with van der Waals surface area (Å²) in [6.45, 7) is 4.79. The van der Waals surface area contributed by atoms with Crippen LogP contribution in [0.4, 0.5) is 5.69 Å². The lowest BCUT2D eigenvalue weighted by atomic mass is 10.1. The Morgan fingerprint density at radius 3 is 2.65 bits per heavy atom. The second-order valence-electron chi connectivity index (χ2n) is 5.89. The average molecular weight is 339 g/mol. The van der Waals surface area contributed by atoms with E-state index in [1.54, 1.807) is 4.90 Å². The van der Waals surface area contributed by atoms with Crippen LogP contribution in [0, 0.1) is 10.1 Å². The van der Waals surface area contributed by atoms with Crippen molar-refractivity contribution in [1.29, 1.82) is 0 Å². The Morgan fingerprint density at radius 1 is 1.30 bits per heavy atom. The Hall–Kier alpha value is -1.70. The minimum atomic E-state index is -0.538. The zero-order chi connectivity index (χ0) is 16.4. The van der Waals surface area contributed by atoms with Gasteiger partial charge >= 0.3 is 0 Å². The van der Waals surface area contributed by atoms with Crippen molar-refractivity contribution in [3.8, 4) is 0 Å². The molecule has 8 heteroatoms. The van der Waals surface area contributed by atoms with Crippen LogP contribution in [0.3, 0.4) is 0 Å². The van der Waals surface area contributed by atoms with Crippen LogP contribution in [0.15, 0.2) is 18.2 Å². The quantitative estimate of drug-likeness (QED) is 0.665. The smallest absolute Gasteiger partial charge is 0.282 e. The van der Waals surface area contributed by atoms with Crippen molar-refractivity contribution in [2.45, 2.75) is 12.5 Å². The van der Waals surface area contributed by atoms with Gasteiger partial charge in [-0.25, -0.2) is 0 Å². The number of hydrogen-bond donors (Lipinski definition) is 1. The molecule has 0 aliphatic carbocycles. The highest BCUT2D eigenvalue weighted by Gasteiger charge is 2.30. The van der Waals surface area contributed by atoms with Gasteiger partial charge in [0.1, 0.15) is 5.56 Å². The fourth-order valence-electron chi connectivity index (χ4n) is 3.25. The predicted molar refractivity (Wildman–Crippen MR) is 86.9 cm³/mol. The SMILES string of the molecule is O=C(c1cc(Cl)ccc1[N+](=O)[O-])N1CCN(C2CCNC2)CC1. The predicted octanol–water partition coefficient (Wildman–Crippen LogP) is 1.37. The first kappa shape index (κ1) is 16.2. The van der Waals surface area contributed by atoms with Crippen molar-refractivity contribution < 1.29 is 9.72 Å². The van der Waals surface area contributed by atoms with E-state index in [2.05, 4.69) is 10.2 Å². The maximum Gasteiger partial charge on any atom is 0.282 e. The summed E-state index contributed by atoms with van der Waals surface area (Å²) in [5.41, 5.74) is -0.125. The van der Waals surface area contributed by atoms with E-state index in [4.69, 9.17) is 11.6 Å². The van der Waals surface area contributed by atoms with Gasteiger partial charge in [0.2, 0.25) is 0 Å². The van der Waals surface area contributed by atoms with Gasteiger partial charge in [-0.15, -0.1) is 0 Å². The molecule has 0 spiro atoms. The van der Waals surface area contributed by atoms with Crippen LogP contribution in [0.5, 0.6) is 0 Å². The first-order valence-electron chi connectivity index (χ1n) is 7.74. The zero-order valence-electron chi connectivity index (χ0n) is 12.7. The van der Waals surface area contributed by atoms with Gasteiger partial charge in [-0.05, 0) is 25.1 Å². The molecule has 1 aromatic rings. The van der Waals surface area contributed by atoms with E-state index in [1.807, 2.05) is 0 Å². The van der Waals surface area contributed by atoms with Gasteiger partial charge in [0.15, 0.2) is 0 Å². The van der Waals surface area contributed by atoms with Crippen molar-refractivity contribution in [2.24, 2.45) is 0 Å². The highest BCUT2D eigenvalue weighted by atomic mass is 35.5. The number of benzene rings is 1. The number of nitro benzene ring substituents is 1. The number of rotatable bonds is 3. The molecule has 23 heavy (non-hydrogen) atoms. The highest BCUT2D eigenvalue weighted by molar-refractivity contribution is 6.31. The van der Waals surface area contributed by atoms with Gasteiger partial charge in [0.05, 0.1) is 4.92 Å². The molecule has 2 saturated heterocycles. The summed E-state index contributed by atoms with van der Waals surface area (Å²) in [5.74, 6) is -0.316. The maximum atomic E-state index is 12.6. The standard InChI is InChI=1S/C15H19ClN4O3/c16-11-1-2-14(20(22)23)13(9-11)15(21)19-7-5-18(6-8-19)12-3-4-17-10-12/h1-2,9,12,17H,3-8,10H2. The zero-order valence-corrected chi connectivity index (χ0v) is 13.5. The largest absolute Gasteiger partial charge is 0.336 e. The minimum absolute atomic E-state index is 0.0680. The maximum absolute atomic E-state index is 12.6. The highest BCUT2D eigenvalue weighted by Crippen LogP contribution is 2.25. The minimum Gasteiger partial charge on any atom is -0.336 e. The molecule has 1 aromatic carbocycles. The fraction of sp³-hybridized carbons (Fsp3) is 0.533.